The molecule has 0 fully saturated rings. The second-order valence-corrected chi connectivity index (χ2v) is 9.73. The number of H-pyrrole nitrogens is 1. The van der Waals surface area contributed by atoms with E-state index >= 15 is 0 Å². The van der Waals surface area contributed by atoms with E-state index in [0.717, 1.165) is 16.5 Å². The van der Waals surface area contributed by atoms with Crippen molar-refractivity contribution < 1.29 is 29.4 Å². The normalized spacial score (nSPS) is 13.0. The molecule has 0 saturated heterocycles. The number of guanidine groups is 1. The number of phenols is 1. The number of benzene rings is 2. The van der Waals surface area contributed by atoms with Crippen molar-refractivity contribution in [1.82, 2.24) is 20.9 Å². The lowest BCUT2D eigenvalue weighted by atomic mass is 10.0. The molecule has 3 amide bonds. The average molecular weight is 581 g/mol. The summed E-state index contributed by atoms with van der Waals surface area (Å²) in [5.41, 5.74) is 19.0. The summed E-state index contributed by atoms with van der Waals surface area (Å²) in [7, 11) is 0. The van der Waals surface area contributed by atoms with Gasteiger partial charge in [0.2, 0.25) is 17.7 Å². The molecular formula is C28H36N8O6. The quantitative estimate of drug-likeness (QED) is 0.0619. The van der Waals surface area contributed by atoms with Crippen molar-refractivity contribution in [3.8, 4) is 5.75 Å². The molecule has 224 valence electrons. The zero-order chi connectivity index (χ0) is 30.6. The Morgan fingerprint density at radius 3 is 2.33 bits per heavy atom. The first-order valence-electron chi connectivity index (χ1n) is 13.3. The summed E-state index contributed by atoms with van der Waals surface area (Å²) in [6.45, 7) is -0.279. The van der Waals surface area contributed by atoms with Crippen LogP contribution in [0.5, 0.6) is 5.75 Å². The zero-order valence-electron chi connectivity index (χ0n) is 22.9. The number of nitrogens with zero attached hydrogens (tertiary/aromatic N) is 1. The van der Waals surface area contributed by atoms with Crippen LogP contribution >= 0.6 is 0 Å². The summed E-state index contributed by atoms with van der Waals surface area (Å²) in [5.74, 6) is -3.36. The third-order valence-corrected chi connectivity index (χ3v) is 6.46. The molecule has 14 heteroatoms. The molecule has 12 N–H and O–H groups in total. The summed E-state index contributed by atoms with van der Waals surface area (Å²) in [6, 6.07) is 10.2. The fraction of sp³-hybridized carbons (Fsp3) is 0.321. The molecule has 42 heavy (non-hydrogen) atoms. The number of carbonyl (C=O) groups excluding carboxylic acids is 3. The number of hydrogen-bond acceptors (Lipinski definition) is 7. The van der Waals surface area contributed by atoms with Crippen molar-refractivity contribution in [1.29, 1.82) is 0 Å². The highest BCUT2D eigenvalue weighted by Gasteiger charge is 2.27. The Bertz CT molecular complexity index is 1420. The van der Waals surface area contributed by atoms with E-state index in [2.05, 4.69) is 25.9 Å². The van der Waals surface area contributed by atoms with Crippen LogP contribution in [0.2, 0.25) is 0 Å². The summed E-state index contributed by atoms with van der Waals surface area (Å²) in [4.78, 5) is 57.2. The molecule has 3 atom stereocenters. The number of carbonyl (C=O) groups is 4. The maximum atomic E-state index is 13.1. The van der Waals surface area contributed by atoms with E-state index < -0.39 is 48.4 Å². The minimum atomic E-state index is -1.26. The predicted molar refractivity (Wildman–Crippen MR) is 156 cm³/mol. The zero-order valence-corrected chi connectivity index (χ0v) is 22.9. The van der Waals surface area contributed by atoms with Gasteiger partial charge in [-0.1, -0.05) is 30.3 Å². The molecule has 0 aliphatic carbocycles. The summed E-state index contributed by atoms with van der Waals surface area (Å²) >= 11 is 0. The molecule has 1 aromatic heterocycles. The molecule has 3 rings (SSSR count). The van der Waals surface area contributed by atoms with E-state index in [-0.39, 0.29) is 43.9 Å². The number of amides is 3. The molecule has 0 aliphatic rings. The molecule has 14 nitrogen and oxygen atoms in total. The SMILES string of the molecule is NC(N)=NCCCC(NC(=O)C(Cc1ccc(O)cc1)NC(=O)CNC(=O)C(N)Cc1c[nH]c2ccccc12)C(=O)O. The molecule has 2 aromatic carbocycles. The van der Waals surface area contributed by atoms with Crippen LogP contribution in [0.25, 0.3) is 10.9 Å². The standard InChI is InChI=1S/C28H36N8O6/c29-20(13-17-14-33-21-5-2-1-4-19(17)21)25(39)34-15-24(38)35-23(12-16-7-9-18(37)10-8-16)26(40)36-22(27(41)42)6-3-11-32-28(30)31/h1-2,4-5,7-10,14,20,22-23,33,37H,3,6,11-13,15,29H2,(H,34,39)(H,35,38)(H,36,40)(H,41,42)(H4,30,31,32). The van der Waals surface area contributed by atoms with Crippen LogP contribution in [0.4, 0.5) is 0 Å². The number of hydrogen-bond donors (Lipinski definition) is 9. The highest BCUT2D eigenvalue weighted by Crippen LogP contribution is 2.18. The predicted octanol–water partition coefficient (Wildman–Crippen LogP) is -0.790. The Hall–Kier alpha value is -5.11. The van der Waals surface area contributed by atoms with Crippen molar-refractivity contribution in [2.24, 2.45) is 22.2 Å². The van der Waals surface area contributed by atoms with Gasteiger partial charge >= 0.3 is 5.97 Å². The van der Waals surface area contributed by atoms with Gasteiger partial charge in [-0.3, -0.25) is 19.4 Å². The number of aromatic hydroxyl groups is 1. The van der Waals surface area contributed by atoms with E-state index in [9.17, 15) is 29.4 Å². The summed E-state index contributed by atoms with van der Waals surface area (Å²) < 4.78 is 0. The number of carboxylic acids is 1. The number of aromatic amines is 1. The summed E-state index contributed by atoms with van der Waals surface area (Å²) in [6.07, 6.45) is 2.34. The first-order valence-corrected chi connectivity index (χ1v) is 13.3. The van der Waals surface area contributed by atoms with Crippen LogP contribution in [-0.2, 0) is 32.0 Å². The number of nitrogens with one attached hydrogen (secondary N) is 4. The number of nitrogens with two attached hydrogens (primary N) is 3. The molecule has 0 aliphatic heterocycles. The first-order chi connectivity index (χ1) is 20.0. The number of aliphatic imine (C=N–C) groups is 1. The maximum absolute atomic E-state index is 13.1. The fourth-order valence-corrected chi connectivity index (χ4v) is 4.28. The Balaban J connectivity index is 1.61. The summed E-state index contributed by atoms with van der Waals surface area (Å²) in [5, 5.41) is 27.6. The highest BCUT2D eigenvalue weighted by atomic mass is 16.4. The van der Waals surface area contributed by atoms with Gasteiger partial charge < -0.3 is 48.3 Å². The molecule has 0 bridgehead atoms. The third-order valence-electron chi connectivity index (χ3n) is 6.46. The number of fused-ring (bicyclic) bond motifs is 1. The van der Waals surface area contributed by atoms with E-state index in [1.165, 1.54) is 12.1 Å². The lowest BCUT2D eigenvalue weighted by Gasteiger charge is -2.22. The third kappa shape index (κ3) is 9.52. The fourth-order valence-electron chi connectivity index (χ4n) is 4.28. The van der Waals surface area contributed by atoms with E-state index in [1.54, 1.807) is 18.3 Å². The van der Waals surface area contributed by atoms with Gasteiger partial charge in [-0.25, -0.2) is 4.79 Å². The van der Waals surface area contributed by atoms with Crippen LogP contribution in [-0.4, -0.2) is 76.1 Å². The number of rotatable bonds is 15. The molecule has 3 aromatic rings. The lowest BCUT2D eigenvalue weighted by Crippen LogP contribution is -2.54. The topological polar surface area (TPSA) is 251 Å². The molecule has 0 radical (unpaired) electrons. The molecule has 1 heterocycles. The number of aromatic nitrogens is 1. The van der Waals surface area contributed by atoms with Gasteiger partial charge in [0.25, 0.3) is 0 Å². The van der Waals surface area contributed by atoms with Gasteiger partial charge in [0.05, 0.1) is 12.6 Å². The molecule has 3 unspecified atom stereocenters. The van der Waals surface area contributed by atoms with Crippen molar-refractivity contribution in [3.05, 3.63) is 65.9 Å². The minimum absolute atomic E-state index is 0.00772. The Morgan fingerprint density at radius 2 is 1.64 bits per heavy atom. The van der Waals surface area contributed by atoms with E-state index in [1.807, 2.05) is 24.3 Å². The average Bonchev–Trinajstić information content (AvgIpc) is 3.36. The van der Waals surface area contributed by atoms with Crippen molar-refractivity contribution >= 4 is 40.6 Å². The van der Waals surface area contributed by atoms with E-state index in [0.29, 0.717) is 5.56 Å². The van der Waals surface area contributed by atoms with Crippen LogP contribution in [0, 0.1) is 0 Å². The van der Waals surface area contributed by atoms with Gasteiger partial charge in [0, 0.05) is 30.1 Å². The second kappa shape index (κ2) is 15.0. The van der Waals surface area contributed by atoms with Crippen LogP contribution in [0.15, 0.2) is 59.7 Å². The van der Waals surface area contributed by atoms with Gasteiger partial charge in [-0.2, -0.15) is 0 Å². The first kappa shape index (κ1) is 31.4. The molecule has 0 saturated carbocycles. The monoisotopic (exact) mass is 580 g/mol. The smallest absolute Gasteiger partial charge is 0.326 e. The Labute approximate surface area is 241 Å². The number of para-hydroxylation sites is 1. The largest absolute Gasteiger partial charge is 0.508 e. The molecule has 0 spiro atoms. The second-order valence-electron chi connectivity index (χ2n) is 9.73. The van der Waals surface area contributed by atoms with Gasteiger partial charge in [0.1, 0.15) is 17.8 Å². The van der Waals surface area contributed by atoms with E-state index in [4.69, 9.17) is 17.2 Å². The Kier molecular flexibility index (Phi) is 11.3. The minimum Gasteiger partial charge on any atom is -0.508 e. The highest BCUT2D eigenvalue weighted by molar-refractivity contribution is 5.93. The van der Waals surface area contributed by atoms with Crippen molar-refractivity contribution in [2.45, 2.75) is 43.8 Å². The van der Waals surface area contributed by atoms with Crippen LogP contribution in [0.1, 0.15) is 24.0 Å². The Morgan fingerprint density at radius 1 is 0.929 bits per heavy atom. The molecular weight excluding hydrogens is 544 g/mol. The number of aliphatic carboxylic acids is 1. The van der Waals surface area contributed by atoms with Crippen LogP contribution < -0.4 is 33.2 Å². The number of phenolic OH excluding ortho intramolecular Hbond substituents is 1. The number of carboxylic acid groups (broad SMARTS) is 1. The van der Waals surface area contributed by atoms with Gasteiger partial charge in [-0.15, -0.1) is 0 Å². The lowest BCUT2D eigenvalue weighted by molar-refractivity contribution is -0.142. The van der Waals surface area contributed by atoms with Gasteiger partial charge in [0.15, 0.2) is 5.96 Å². The van der Waals surface area contributed by atoms with Crippen molar-refractivity contribution in [2.75, 3.05) is 13.1 Å². The van der Waals surface area contributed by atoms with Crippen LogP contribution in [0.3, 0.4) is 0 Å². The maximum Gasteiger partial charge on any atom is 0.326 e. The van der Waals surface area contributed by atoms with Crippen molar-refractivity contribution in [3.63, 3.8) is 0 Å². The van der Waals surface area contributed by atoms with Gasteiger partial charge in [-0.05, 0) is 48.6 Å².